The lowest BCUT2D eigenvalue weighted by Crippen LogP contribution is -2.19. The zero-order valence-corrected chi connectivity index (χ0v) is 8.55. The Morgan fingerprint density at radius 1 is 1.38 bits per heavy atom. The zero-order chi connectivity index (χ0) is 11.8. The Labute approximate surface area is 91.2 Å². The molecule has 0 aliphatic heterocycles. The normalized spacial score (nSPS) is 19.6. The first kappa shape index (κ1) is 11.3. The molecular weight excluding hydrogens is 219 g/mol. The van der Waals surface area contributed by atoms with Crippen LogP contribution in [-0.2, 0) is 6.42 Å². The largest absolute Gasteiger partial charge is 0.484 e. The van der Waals surface area contributed by atoms with Crippen LogP contribution in [0.25, 0.3) is 0 Å². The van der Waals surface area contributed by atoms with Crippen molar-refractivity contribution in [3.8, 4) is 5.75 Å². The van der Waals surface area contributed by atoms with Gasteiger partial charge in [0.2, 0.25) is 0 Å². The van der Waals surface area contributed by atoms with Crippen LogP contribution < -0.4 is 10.5 Å². The summed E-state index contributed by atoms with van der Waals surface area (Å²) in [5, 5.41) is 0. The van der Waals surface area contributed by atoms with E-state index in [-0.39, 0.29) is 6.04 Å². The Balaban J connectivity index is 2.17. The molecular formula is C11H12F3NO. The van der Waals surface area contributed by atoms with Crippen LogP contribution in [0.15, 0.2) is 18.2 Å². The maximum atomic E-state index is 12.0. The second kappa shape index (κ2) is 3.97. The summed E-state index contributed by atoms with van der Waals surface area (Å²) in [6.45, 7) is -1.25. The Kier molecular flexibility index (Phi) is 2.80. The van der Waals surface area contributed by atoms with Crippen molar-refractivity contribution in [1.82, 2.24) is 0 Å². The molecule has 2 nitrogen and oxygen atoms in total. The summed E-state index contributed by atoms with van der Waals surface area (Å²) in [5.41, 5.74) is 7.54. The van der Waals surface area contributed by atoms with Gasteiger partial charge < -0.3 is 10.5 Å². The van der Waals surface area contributed by atoms with E-state index < -0.39 is 12.8 Å². The average molecular weight is 231 g/mol. The van der Waals surface area contributed by atoms with Crippen LogP contribution in [0.2, 0.25) is 0 Å². The number of rotatable bonds is 2. The summed E-state index contributed by atoms with van der Waals surface area (Å²) in [6, 6.07) is 5.00. The lowest BCUT2D eigenvalue weighted by molar-refractivity contribution is -0.153. The Morgan fingerprint density at radius 3 is 2.81 bits per heavy atom. The van der Waals surface area contributed by atoms with Crippen LogP contribution in [0, 0.1) is 0 Å². The van der Waals surface area contributed by atoms with Gasteiger partial charge in [0.05, 0.1) is 0 Å². The molecule has 0 amide bonds. The van der Waals surface area contributed by atoms with Crippen molar-refractivity contribution >= 4 is 0 Å². The maximum absolute atomic E-state index is 12.0. The molecule has 1 aromatic rings. The summed E-state index contributed by atoms with van der Waals surface area (Å²) >= 11 is 0. The molecule has 1 aliphatic carbocycles. The summed E-state index contributed by atoms with van der Waals surface area (Å²) in [6.07, 6.45) is -2.85. The van der Waals surface area contributed by atoms with Crippen molar-refractivity contribution in [1.29, 1.82) is 0 Å². The number of halogens is 3. The second-order valence-corrected chi connectivity index (χ2v) is 3.87. The number of alkyl halides is 3. The fourth-order valence-corrected chi connectivity index (χ4v) is 1.95. The molecule has 2 rings (SSSR count). The average Bonchev–Trinajstić information content (AvgIpc) is 2.57. The van der Waals surface area contributed by atoms with Crippen molar-refractivity contribution in [3.63, 3.8) is 0 Å². The summed E-state index contributed by atoms with van der Waals surface area (Å²) < 4.78 is 40.8. The fourth-order valence-electron chi connectivity index (χ4n) is 1.95. The number of ether oxygens (including phenoxy) is 1. The molecule has 0 radical (unpaired) electrons. The lowest BCUT2D eigenvalue weighted by atomic mass is 10.1. The first-order chi connectivity index (χ1) is 7.47. The van der Waals surface area contributed by atoms with Crippen molar-refractivity contribution in [2.45, 2.75) is 25.1 Å². The van der Waals surface area contributed by atoms with Crippen LogP contribution in [-0.4, -0.2) is 12.8 Å². The monoisotopic (exact) mass is 231 g/mol. The minimum atomic E-state index is -4.30. The van der Waals surface area contributed by atoms with Crippen molar-refractivity contribution in [3.05, 3.63) is 29.3 Å². The molecule has 1 aliphatic rings. The minimum absolute atomic E-state index is 0.0792. The number of hydrogen-bond donors (Lipinski definition) is 1. The van der Waals surface area contributed by atoms with Gasteiger partial charge in [0.15, 0.2) is 6.61 Å². The Hall–Kier alpha value is -1.23. The SMILES string of the molecule is NC1CCc2c(OCC(F)(F)F)cccc21. The van der Waals surface area contributed by atoms with Crippen molar-refractivity contribution < 1.29 is 17.9 Å². The summed E-state index contributed by atoms with van der Waals surface area (Å²) in [4.78, 5) is 0. The predicted molar refractivity (Wildman–Crippen MR) is 53.2 cm³/mol. The van der Waals surface area contributed by atoms with Gasteiger partial charge in [-0.25, -0.2) is 0 Å². The van der Waals surface area contributed by atoms with Crippen LogP contribution in [0.3, 0.4) is 0 Å². The third kappa shape index (κ3) is 2.29. The summed E-state index contributed by atoms with van der Waals surface area (Å²) in [7, 11) is 0. The van der Waals surface area contributed by atoms with Gasteiger partial charge in [-0.2, -0.15) is 13.2 Å². The van der Waals surface area contributed by atoms with Crippen LogP contribution in [0.5, 0.6) is 5.75 Å². The molecule has 88 valence electrons. The predicted octanol–water partition coefficient (Wildman–Crippen LogP) is 2.57. The molecule has 2 N–H and O–H groups in total. The van der Waals surface area contributed by atoms with E-state index in [0.717, 1.165) is 17.5 Å². The van der Waals surface area contributed by atoms with Gasteiger partial charge in [-0.3, -0.25) is 0 Å². The molecule has 0 spiro atoms. The van der Waals surface area contributed by atoms with E-state index in [4.69, 9.17) is 10.5 Å². The topological polar surface area (TPSA) is 35.2 Å². The first-order valence-electron chi connectivity index (χ1n) is 5.04. The molecule has 0 saturated carbocycles. The smallest absolute Gasteiger partial charge is 0.422 e. The molecule has 0 heterocycles. The van der Waals surface area contributed by atoms with Gasteiger partial charge in [0.25, 0.3) is 0 Å². The zero-order valence-electron chi connectivity index (χ0n) is 8.55. The number of nitrogens with two attached hydrogens (primary N) is 1. The van der Waals surface area contributed by atoms with E-state index in [0.29, 0.717) is 12.2 Å². The van der Waals surface area contributed by atoms with Gasteiger partial charge >= 0.3 is 6.18 Å². The highest BCUT2D eigenvalue weighted by molar-refractivity contribution is 5.44. The molecule has 1 unspecified atom stereocenters. The fraction of sp³-hybridized carbons (Fsp3) is 0.455. The van der Waals surface area contributed by atoms with E-state index >= 15 is 0 Å². The maximum Gasteiger partial charge on any atom is 0.422 e. The summed E-state index contributed by atoms with van der Waals surface area (Å²) in [5.74, 6) is 0.308. The minimum Gasteiger partial charge on any atom is -0.484 e. The van der Waals surface area contributed by atoms with Gasteiger partial charge in [0, 0.05) is 6.04 Å². The number of benzene rings is 1. The highest BCUT2D eigenvalue weighted by Gasteiger charge is 2.30. The van der Waals surface area contributed by atoms with E-state index in [1.54, 1.807) is 12.1 Å². The molecule has 0 aromatic heterocycles. The van der Waals surface area contributed by atoms with Crippen molar-refractivity contribution in [2.24, 2.45) is 5.73 Å². The van der Waals surface area contributed by atoms with E-state index in [2.05, 4.69) is 0 Å². The van der Waals surface area contributed by atoms with Gasteiger partial charge in [-0.15, -0.1) is 0 Å². The molecule has 1 aromatic carbocycles. The second-order valence-electron chi connectivity index (χ2n) is 3.87. The Bertz CT molecular complexity index is 389. The highest BCUT2D eigenvalue weighted by Crippen LogP contribution is 2.35. The quantitative estimate of drug-likeness (QED) is 0.849. The first-order valence-corrected chi connectivity index (χ1v) is 5.04. The third-order valence-electron chi connectivity index (χ3n) is 2.67. The van der Waals surface area contributed by atoms with Crippen LogP contribution >= 0.6 is 0 Å². The van der Waals surface area contributed by atoms with Gasteiger partial charge in [-0.1, -0.05) is 12.1 Å². The molecule has 0 bridgehead atoms. The molecule has 5 heteroatoms. The van der Waals surface area contributed by atoms with Crippen LogP contribution in [0.4, 0.5) is 13.2 Å². The third-order valence-corrected chi connectivity index (χ3v) is 2.67. The van der Waals surface area contributed by atoms with E-state index in [9.17, 15) is 13.2 Å². The lowest BCUT2D eigenvalue weighted by Gasteiger charge is -2.13. The molecule has 16 heavy (non-hydrogen) atoms. The Morgan fingerprint density at radius 2 is 2.12 bits per heavy atom. The van der Waals surface area contributed by atoms with Gasteiger partial charge in [0.1, 0.15) is 5.75 Å². The standard InChI is InChI=1S/C11H12F3NO/c12-11(13,14)6-16-10-3-1-2-7-8(10)4-5-9(7)15/h1-3,9H,4-6,15H2. The van der Waals surface area contributed by atoms with Gasteiger partial charge in [-0.05, 0) is 30.0 Å². The number of fused-ring (bicyclic) bond motifs is 1. The van der Waals surface area contributed by atoms with Crippen molar-refractivity contribution in [2.75, 3.05) is 6.61 Å². The number of hydrogen-bond acceptors (Lipinski definition) is 2. The molecule has 0 fully saturated rings. The molecule has 1 atom stereocenters. The molecule has 0 saturated heterocycles. The van der Waals surface area contributed by atoms with E-state index in [1.165, 1.54) is 0 Å². The van der Waals surface area contributed by atoms with Crippen LogP contribution in [0.1, 0.15) is 23.6 Å². The highest BCUT2D eigenvalue weighted by atomic mass is 19.4. The van der Waals surface area contributed by atoms with E-state index in [1.807, 2.05) is 6.07 Å².